The molecule has 0 aliphatic heterocycles. The standard InChI is InChI=1S/C29H56/c1-3-5-7-9-11-13-15-17-19-21-23-25-27-29-28-26-24-22-20-18-16-14-12-10-8-6-4-2/h3,22,24H,1,4-21,23,25-29H2,2H3/b24-22+. The van der Waals surface area contributed by atoms with E-state index in [2.05, 4.69) is 31.7 Å². The van der Waals surface area contributed by atoms with Gasteiger partial charge in [0.15, 0.2) is 0 Å². The molecule has 0 atom stereocenters. The number of hydrogen-bond acceptors (Lipinski definition) is 0. The average Bonchev–Trinajstić information content (AvgIpc) is 2.74. The molecule has 0 bridgehead atoms. The van der Waals surface area contributed by atoms with Gasteiger partial charge in [0.1, 0.15) is 0 Å². The molecule has 0 spiro atoms. The second kappa shape index (κ2) is 27.5. The van der Waals surface area contributed by atoms with Crippen LogP contribution in [0.2, 0.25) is 0 Å². The topological polar surface area (TPSA) is 0 Å². The van der Waals surface area contributed by atoms with Crippen molar-refractivity contribution in [1.29, 1.82) is 0 Å². The second-order valence-corrected chi connectivity index (χ2v) is 9.20. The summed E-state index contributed by atoms with van der Waals surface area (Å²) in [5.74, 6) is 0. The van der Waals surface area contributed by atoms with Gasteiger partial charge in [0, 0.05) is 0 Å². The fraction of sp³-hybridized carbons (Fsp3) is 0.862. The van der Waals surface area contributed by atoms with Crippen LogP contribution in [0.25, 0.3) is 0 Å². The highest BCUT2D eigenvalue weighted by Gasteiger charge is 1.94. The van der Waals surface area contributed by atoms with Gasteiger partial charge in [0.25, 0.3) is 0 Å². The summed E-state index contributed by atoms with van der Waals surface area (Å²) in [5, 5.41) is 0. The summed E-state index contributed by atoms with van der Waals surface area (Å²) in [6, 6.07) is 0. The first-order valence-corrected chi connectivity index (χ1v) is 13.7. The van der Waals surface area contributed by atoms with Crippen LogP contribution >= 0.6 is 0 Å². The lowest BCUT2D eigenvalue weighted by Gasteiger charge is -2.03. The molecule has 0 aromatic rings. The Morgan fingerprint density at radius 2 is 0.655 bits per heavy atom. The molecule has 0 aromatic carbocycles. The molecule has 0 rings (SSSR count). The normalized spacial score (nSPS) is 11.5. The first kappa shape index (κ1) is 28.5. The van der Waals surface area contributed by atoms with Crippen molar-refractivity contribution in [2.45, 2.75) is 161 Å². The van der Waals surface area contributed by atoms with Gasteiger partial charge in [-0.15, -0.1) is 6.58 Å². The molecule has 0 heteroatoms. The summed E-state index contributed by atoms with van der Waals surface area (Å²) in [6.45, 7) is 6.08. The van der Waals surface area contributed by atoms with E-state index < -0.39 is 0 Å². The SMILES string of the molecule is C=CCCCCCCCCCCCCCCC/C=C/CCCCCCCCCC. The van der Waals surface area contributed by atoms with Crippen LogP contribution in [0.5, 0.6) is 0 Å². The van der Waals surface area contributed by atoms with Gasteiger partial charge < -0.3 is 0 Å². The molecule has 0 heterocycles. The predicted octanol–water partition coefficient (Wildman–Crippen LogP) is 11.1. The molecular formula is C29H56. The molecule has 0 fully saturated rings. The summed E-state index contributed by atoms with van der Waals surface area (Å²) in [4.78, 5) is 0. The van der Waals surface area contributed by atoms with Gasteiger partial charge in [-0.05, 0) is 38.5 Å². The molecule has 0 saturated heterocycles. The van der Waals surface area contributed by atoms with E-state index in [0.29, 0.717) is 0 Å². The third-order valence-electron chi connectivity index (χ3n) is 6.17. The van der Waals surface area contributed by atoms with Crippen molar-refractivity contribution in [1.82, 2.24) is 0 Å². The first-order valence-electron chi connectivity index (χ1n) is 13.7. The van der Waals surface area contributed by atoms with Crippen molar-refractivity contribution in [2.75, 3.05) is 0 Å². The largest absolute Gasteiger partial charge is 0.103 e. The van der Waals surface area contributed by atoms with Gasteiger partial charge in [-0.2, -0.15) is 0 Å². The molecule has 0 saturated carbocycles. The monoisotopic (exact) mass is 404 g/mol. The zero-order chi connectivity index (χ0) is 21.1. The fourth-order valence-electron chi connectivity index (χ4n) is 4.13. The Hall–Kier alpha value is -0.520. The summed E-state index contributed by atoms with van der Waals surface area (Å²) in [6.07, 6.45) is 40.9. The maximum absolute atomic E-state index is 3.79. The van der Waals surface area contributed by atoms with Gasteiger partial charge in [-0.1, -0.05) is 141 Å². The van der Waals surface area contributed by atoms with Crippen molar-refractivity contribution < 1.29 is 0 Å². The van der Waals surface area contributed by atoms with Crippen LogP contribution in [0, 0.1) is 0 Å². The minimum absolute atomic E-state index is 1.20. The lowest BCUT2D eigenvalue weighted by atomic mass is 10.0. The number of unbranched alkanes of at least 4 members (excludes halogenated alkanes) is 22. The number of rotatable bonds is 25. The van der Waals surface area contributed by atoms with Crippen molar-refractivity contribution in [3.8, 4) is 0 Å². The van der Waals surface area contributed by atoms with Crippen LogP contribution in [-0.2, 0) is 0 Å². The Bertz CT molecular complexity index is 314. The third-order valence-corrected chi connectivity index (χ3v) is 6.17. The maximum Gasteiger partial charge on any atom is -0.0351 e. The molecule has 0 amide bonds. The Morgan fingerprint density at radius 3 is 0.966 bits per heavy atom. The van der Waals surface area contributed by atoms with Crippen molar-refractivity contribution in [2.24, 2.45) is 0 Å². The van der Waals surface area contributed by atoms with E-state index in [1.807, 2.05) is 0 Å². The van der Waals surface area contributed by atoms with Crippen LogP contribution in [-0.4, -0.2) is 0 Å². The van der Waals surface area contributed by atoms with Gasteiger partial charge in [0.2, 0.25) is 0 Å². The van der Waals surface area contributed by atoms with Gasteiger partial charge in [-0.25, -0.2) is 0 Å². The molecule has 0 N–H and O–H groups in total. The Labute approximate surface area is 186 Å². The molecule has 0 aliphatic carbocycles. The maximum atomic E-state index is 3.79. The fourth-order valence-corrected chi connectivity index (χ4v) is 4.13. The van der Waals surface area contributed by atoms with E-state index in [9.17, 15) is 0 Å². The number of hydrogen-bond donors (Lipinski definition) is 0. The third kappa shape index (κ3) is 27.5. The number of allylic oxidation sites excluding steroid dienone is 3. The average molecular weight is 405 g/mol. The lowest BCUT2D eigenvalue weighted by molar-refractivity contribution is 0.538. The zero-order valence-electron chi connectivity index (χ0n) is 20.4. The van der Waals surface area contributed by atoms with E-state index in [-0.39, 0.29) is 0 Å². The van der Waals surface area contributed by atoms with E-state index in [4.69, 9.17) is 0 Å². The van der Waals surface area contributed by atoms with E-state index in [1.54, 1.807) is 0 Å². The molecule has 0 aliphatic rings. The smallest absolute Gasteiger partial charge is 0.0351 e. The quantitative estimate of drug-likeness (QED) is 0.105. The van der Waals surface area contributed by atoms with Gasteiger partial charge >= 0.3 is 0 Å². The van der Waals surface area contributed by atoms with Crippen molar-refractivity contribution in [3.05, 3.63) is 24.8 Å². The molecule has 0 unspecified atom stereocenters. The van der Waals surface area contributed by atoms with Crippen molar-refractivity contribution in [3.63, 3.8) is 0 Å². The Kier molecular flexibility index (Phi) is 27.0. The Morgan fingerprint density at radius 1 is 0.379 bits per heavy atom. The Balaban J connectivity index is 3.05. The van der Waals surface area contributed by atoms with Gasteiger partial charge in [0.05, 0.1) is 0 Å². The van der Waals surface area contributed by atoms with Crippen LogP contribution in [0.4, 0.5) is 0 Å². The molecule has 0 nitrogen and oxygen atoms in total. The highest BCUT2D eigenvalue weighted by Crippen LogP contribution is 2.14. The zero-order valence-corrected chi connectivity index (χ0v) is 20.4. The van der Waals surface area contributed by atoms with E-state index in [0.717, 1.165) is 0 Å². The second-order valence-electron chi connectivity index (χ2n) is 9.20. The molecular weight excluding hydrogens is 348 g/mol. The molecule has 0 aromatic heterocycles. The van der Waals surface area contributed by atoms with Crippen LogP contribution in [0.15, 0.2) is 24.8 Å². The predicted molar refractivity (Wildman–Crippen MR) is 136 cm³/mol. The molecule has 172 valence electrons. The lowest BCUT2D eigenvalue weighted by Crippen LogP contribution is -1.83. The summed E-state index contributed by atoms with van der Waals surface area (Å²) in [5.41, 5.74) is 0. The highest BCUT2D eigenvalue weighted by atomic mass is 14.0. The van der Waals surface area contributed by atoms with Crippen LogP contribution in [0.1, 0.15) is 161 Å². The van der Waals surface area contributed by atoms with Gasteiger partial charge in [-0.3, -0.25) is 0 Å². The first-order chi connectivity index (χ1) is 14.4. The highest BCUT2D eigenvalue weighted by molar-refractivity contribution is 4.81. The summed E-state index contributed by atoms with van der Waals surface area (Å²) < 4.78 is 0. The van der Waals surface area contributed by atoms with E-state index in [1.165, 1.54) is 154 Å². The minimum atomic E-state index is 1.20. The van der Waals surface area contributed by atoms with Crippen LogP contribution < -0.4 is 0 Å². The van der Waals surface area contributed by atoms with Crippen molar-refractivity contribution >= 4 is 0 Å². The van der Waals surface area contributed by atoms with Crippen LogP contribution in [0.3, 0.4) is 0 Å². The molecule has 0 radical (unpaired) electrons. The van der Waals surface area contributed by atoms with E-state index >= 15 is 0 Å². The molecule has 29 heavy (non-hydrogen) atoms. The minimum Gasteiger partial charge on any atom is -0.103 e. The summed E-state index contributed by atoms with van der Waals surface area (Å²) >= 11 is 0. The summed E-state index contributed by atoms with van der Waals surface area (Å²) in [7, 11) is 0.